The van der Waals surface area contributed by atoms with E-state index in [1.54, 1.807) is 18.2 Å². The molecule has 1 heterocycles. The number of carbonyl (C=O) groups excluding carboxylic acids is 1. The van der Waals surface area contributed by atoms with E-state index in [1.807, 2.05) is 30.3 Å². The molecule has 0 saturated heterocycles. The highest BCUT2D eigenvalue weighted by Crippen LogP contribution is 2.32. The lowest BCUT2D eigenvalue weighted by Gasteiger charge is -2.19. The summed E-state index contributed by atoms with van der Waals surface area (Å²) in [5.74, 6) is 1.25. The van der Waals surface area contributed by atoms with Crippen molar-refractivity contribution in [3.05, 3.63) is 78.4 Å². The summed E-state index contributed by atoms with van der Waals surface area (Å²) >= 11 is 0. The van der Waals surface area contributed by atoms with Gasteiger partial charge in [-0.25, -0.2) is 13.1 Å². The van der Waals surface area contributed by atoms with Crippen LogP contribution in [0.15, 0.2) is 77.7 Å². The highest BCUT2D eigenvalue weighted by Gasteiger charge is 2.15. The molecular formula is C24H24N2O6S. The first-order valence-electron chi connectivity index (χ1n) is 10.5. The number of nitrogens with one attached hydrogen (secondary N) is 2. The Morgan fingerprint density at radius 1 is 0.909 bits per heavy atom. The Hall–Kier alpha value is -3.56. The van der Waals surface area contributed by atoms with Gasteiger partial charge in [-0.2, -0.15) is 0 Å². The first kappa shape index (κ1) is 22.6. The number of rotatable bonds is 9. The zero-order valence-electron chi connectivity index (χ0n) is 17.8. The number of amides is 1. The van der Waals surface area contributed by atoms with Gasteiger partial charge in [0.1, 0.15) is 19.0 Å². The van der Waals surface area contributed by atoms with Crippen LogP contribution in [0.3, 0.4) is 0 Å². The van der Waals surface area contributed by atoms with Crippen LogP contribution < -0.4 is 24.2 Å². The maximum atomic E-state index is 12.5. The molecule has 33 heavy (non-hydrogen) atoms. The highest BCUT2D eigenvalue weighted by molar-refractivity contribution is 7.89. The minimum absolute atomic E-state index is 0.128. The lowest BCUT2D eigenvalue weighted by Crippen LogP contribution is -2.26. The molecule has 0 bridgehead atoms. The zero-order chi connectivity index (χ0) is 23.1. The average molecular weight is 469 g/mol. The van der Waals surface area contributed by atoms with Crippen molar-refractivity contribution >= 4 is 21.6 Å². The summed E-state index contributed by atoms with van der Waals surface area (Å²) in [6, 6.07) is 20.7. The van der Waals surface area contributed by atoms with E-state index < -0.39 is 10.0 Å². The van der Waals surface area contributed by atoms with Crippen molar-refractivity contribution in [2.75, 3.05) is 31.7 Å². The molecular weight excluding hydrogens is 444 g/mol. The Balaban J connectivity index is 1.26. The predicted octanol–water partition coefficient (Wildman–Crippen LogP) is 3.00. The van der Waals surface area contributed by atoms with Crippen LogP contribution in [0.5, 0.6) is 17.2 Å². The normalized spacial score (nSPS) is 12.7. The van der Waals surface area contributed by atoms with Gasteiger partial charge < -0.3 is 19.5 Å². The Morgan fingerprint density at radius 3 is 2.39 bits per heavy atom. The van der Waals surface area contributed by atoms with Crippen LogP contribution in [0.4, 0.5) is 5.69 Å². The van der Waals surface area contributed by atoms with Crippen LogP contribution in [0, 0.1) is 0 Å². The van der Waals surface area contributed by atoms with Gasteiger partial charge in [-0.1, -0.05) is 30.3 Å². The number of anilines is 1. The van der Waals surface area contributed by atoms with Crippen molar-refractivity contribution in [1.82, 2.24) is 4.72 Å². The van der Waals surface area contributed by atoms with Crippen LogP contribution in [-0.2, 0) is 21.2 Å². The monoisotopic (exact) mass is 468 g/mol. The number of hydrogen-bond acceptors (Lipinski definition) is 6. The minimum Gasteiger partial charge on any atom is -0.486 e. The Labute approximate surface area is 192 Å². The number of hydrogen-bond donors (Lipinski definition) is 2. The second kappa shape index (κ2) is 10.4. The number of sulfonamides is 1. The molecule has 0 aliphatic carbocycles. The third-order valence-corrected chi connectivity index (χ3v) is 6.36. The molecule has 0 atom stereocenters. The van der Waals surface area contributed by atoms with Crippen molar-refractivity contribution < 1.29 is 27.4 Å². The molecule has 3 aromatic rings. The van der Waals surface area contributed by atoms with E-state index in [1.165, 1.54) is 24.3 Å². The third kappa shape index (κ3) is 6.24. The van der Waals surface area contributed by atoms with Gasteiger partial charge in [-0.3, -0.25) is 4.79 Å². The van der Waals surface area contributed by atoms with Gasteiger partial charge in [0, 0.05) is 18.3 Å². The minimum atomic E-state index is -3.63. The van der Waals surface area contributed by atoms with E-state index in [9.17, 15) is 13.2 Å². The lowest BCUT2D eigenvalue weighted by molar-refractivity contribution is -0.118. The van der Waals surface area contributed by atoms with Gasteiger partial charge in [0.15, 0.2) is 18.1 Å². The van der Waals surface area contributed by atoms with Crippen LogP contribution in [-0.4, -0.2) is 40.7 Å². The van der Waals surface area contributed by atoms with Crippen LogP contribution >= 0.6 is 0 Å². The van der Waals surface area contributed by atoms with E-state index in [2.05, 4.69) is 10.0 Å². The molecule has 8 nitrogen and oxygen atoms in total. The Bertz CT molecular complexity index is 1200. The maximum Gasteiger partial charge on any atom is 0.262 e. The fraction of sp³-hybridized carbons (Fsp3) is 0.208. The van der Waals surface area contributed by atoms with E-state index in [-0.39, 0.29) is 17.4 Å². The molecule has 0 spiro atoms. The van der Waals surface area contributed by atoms with Crippen molar-refractivity contribution in [2.24, 2.45) is 0 Å². The van der Waals surface area contributed by atoms with Gasteiger partial charge in [-0.05, 0) is 48.4 Å². The van der Waals surface area contributed by atoms with Gasteiger partial charge in [0.2, 0.25) is 10.0 Å². The van der Waals surface area contributed by atoms with Gasteiger partial charge in [-0.15, -0.1) is 0 Å². The SMILES string of the molecule is O=C(COc1ccc(S(=O)(=O)NCCc2ccccc2)cc1)Nc1ccc2c(c1)OCCO2. The summed E-state index contributed by atoms with van der Waals surface area (Å²) in [4.78, 5) is 12.3. The molecule has 1 aliphatic heterocycles. The molecule has 172 valence electrons. The number of benzene rings is 3. The van der Waals surface area contributed by atoms with Crippen molar-refractivity contribution in [3.8, 4) is 17.2 Å². The Kier molecular flexibility index (Phi) is 7.11. The standard InChI is InChI=1S/C24H24N2O6S/c27-24(26-19-6-11-22-23(16-19)31-15-14-30-22)17-32-20-7-9-21(10-8-20)33(28,29)25-13-12-18-4-2-1-3-5-18/h1-11,16,25H,12-15,17H2,(H,26,27). The molecule has 1 amide bonds. The molecule has 9 heteroatoms. The molecule has 3 aromatic carbocycles. The van der Waals surface area contributed by atoms with E-state index in [4.69, 9.17) is 14.2 Å². The number of ether oxygens (including phenoxy) is 3. The molecule has 4 rings (SSSR count). The summed E-state index contributed by atoms with van der Waals surface area (Å²) in [6.07, 6.45) is 0.597. The van der Waals surface area contributed by atoms with Crippen LogP contribution in [0.25, 0.3) is 0 Å². The largest absolute Gasteiger partial charge is 0.486 e. The quantitative estimate of drug-likeness (QED) is 0.501. The fourth-order valence-corrected chi connectivity index (χ4v) is 4.27. The topological polar surface area (TPSA) is 103 Å². The highest BCUT2D eigenvalue weighted by atomic mass is 32.2. The van der Waals surface area contributed by atoms with E-state index in [0.29, 0.717) is 49.1 Å². The number of carbonyl (C=O) groups is 1. The molecule has 0 radical (unpaired) electrons. The summed E-state index contributed by atoms with van der Waals surface area (Å²) in [5, 5.41) is 2.73. The van der Waals surface area contributed by atoms with Crippen LogP contribution in [0.1, 0.15) is 5.56 Å². The summed E-state index contributed by atoms with van der Waals surface area (Å²) in [6.45, 7) is 1.03. The zero-order valence-corrected chi connectivity index (χ0v) is 18.6. The average Bonchev–Trinajstić information content (AvgIpc) is 2.83. The molecule has 0 unspecified atom stereocenters. The molecule has 1 aliphatic rings. The summed E-state index contributed by atoms with van der Waals surface area (Å²) in [5.41, 5.74) is 1.62. The summed E-state index contributed by atoms with van der Waals surface area (Å²) < 4.78 is 44.0. The van der Waals surface area contributed by atoms with Crippen molar-refractivity contribution in [3.63, 3.8) is 0 Å². The van der Waals surface area contributed by atoms with E-state index >= 15 is 0 Å². The van der Waals surface area contributed by atoms with Gasteiger partial charge >= 0.3 is 0 Å². The van der Waals surface area contributed by atoms with Gasteiger partial charge in [0.25, 0.3) is 5.91 Å². The second-order valence-corrected chi connectivity index (χ2v) is 9.07. The first-order chi connectivity index (χ1) is 16.0. The van der Waals surface area contributed by atoms with E-state index in [0.717, 1.165) is 5.56 Å². The maximum absolute atomic E-state index is 12.5. The Morgan fingerprint density at radius 2 is 1.64 bits per heavy atom. The van der Waals surface area contributed by atoms with Crippen molar-refractivity contribution in [1.29, 1.82) is 0 Å². The lowest BCUT2D eigenvalue weighted by atomic mass is 10.2. The molecule has 0 fully saturated rings. The predicted molar refractivity (Wildman–Crippen MR) is 123 cm³/mol. The number of fused-ring (bicyclic) bond motifs is 1. The second-order valence-electron chi connectivity index (χ2n) is 7.30. The smallest absolute Gasteiger partial charge is 0.262 e. The van der Waals surface area contributed by atoms with Crippen LogP contribution in [0.2, 0.25) is 0 Å². The fourth-order valence-electron chi connectivity index (χ4n) is 3.24. The van der Waals surface area contributed by atoms with Crippen molar-refractivity contribution in [2.45, 2.75) is 11.3 Å². The molecule has 0 aromatic heterocycles. The molecule has 2 N–H and O–H groups in total. The molecule has 0 saturated carbocycles. The summed E-state index contributed by atoms with van der Waals surface area (Å²) in [7, 11) is -3.63. The van der Waals surface area contributed by atoms with Gasteiger partial charge in [0.05, 0.1) is 4.90 Å². The third-order valence-electron chi connectivity index (χ3n) is 4.88. The first-order valence-corrected chi connectivity index (χ1v) is 11.9.